The molecule has 2 aromatic heterocycles. The van der Waals surface area contributed by atoms with Crippen LogP contribution in [0.5, 0.6) is 0 Å². The fourth-order valence-electron chi connectivity index (χ4n) is 2.73. The Hall–Kier alpha value is -2.61. The van der Waals surface area contributed by atoms with Crippen molar-refractivity contribution >= 4 is 17.4 Å². The number of hydrogen-bond acceptors (Lipinski definition) is 5. The highest BCUT2D eigenvalue weighted by Gasteiger charge is 2.46. The second-order valence-electron chi connectivity index (χ2n) is 6.03. The summed E-state index contributed by atoms with van der Waals surface area (Å²) in [6.07, 6.45) is 2.98. The molecule has 3 aromatic rings. The fourth-order valence-corrected chi connectivity index (χ4v) is 2.81. The van der Waals surface area contributed by atoms with Crippen LogP contribution in [0.15, 0.2) is 47.0 Å². The molecule has 1 aliphatic carbocycles. The molecule has 2 heterocycles. The van der Waals surface area contributed by atoms with Gasteiger partial charge in [0.2, 0.25) is 5.89 Å². The van der Waals surface area contributed by atoms with E-state index in [1.54, 1.807) is 30.3 Å². The fraction of sp³-hybridized carbons (Fsp3) is 0.235. The van der Waals surface area contributed by atoms with Gasteiger partial charge in [-0.1, -0.05) is 18.2 Å². The van der Waals surface area contributed by atoms with Gasteiger partial charge in [-0.25, -0.2) is 9.37 Å². The van der Waals surface area contributed by atoms with Gasteiger partial charge in [-0.2, -0.15) is 8.78 Å². The van der Waals surface area contributed by atoms with Crippen LogP contribution in [-0.4, -0.2) is 15.2 Å². The molecule has 0 atom stereocenters. The van der Waals surface area contributed by atoms with Crippen LogP contribution in [0, 0.1) is 5.82 Å². The zero-order valence-corrected chi connectivity index (χ0v) is 14.0. The minimum Gasteiger partial charge on any atom is -0.414 e. The van der Waals surface area contributed by atoms with Crippen molar-refractivity contribution in [3.05, 3.63) is 59.9 Å². The lowest BCUT2D eigenvalue weighted by atomic mass is 10.0. The summed E-state index contributed by atoms with van der Waals surface area (Å²) in [6, 6.07) is 9.83. The number of nitrogens with one attached hydrogen (secondary N) is 1. The van der Waals surface area contributed by atoms with E-state index in [2.05, 4.69) is 20.5 Å². The van der Waals surface area contributed by atoms with E-state index in [0.717, 1.165) is 12.8 Å². The Morgan fingerprint density at radius 1 is 1.12 bits per heavy atom. The van der Waals surface area contributed by atoms with Gasteiger partial charge in [0.1, 0.15) is 11.6 Å². The van der Waals surface area contributed by atoms with E-state index in [-0.39, 0.29) is 11.7 Å². The van der Waals surface area contributed by atoms with Crippen molar-refractivity contribution in [2.75, 3.05) is 5.32 Å². The largest absolute Gasteiger partial charge is 0.414 e. The van der Waals surface area contributed by atoms with Crippen molar-refractivity contribution in [3.8, 4) is 11.5 Å². The zero-order valence-electron chi connectivity index (χ0n) is 13.2. The number of halogens is 4. The van der Waals surface area contributed by atoms with Gasteiger partial charge in [0.15, 0.2) is 0 Å². The number of alkyl halides is 3. The van der Waals surface area contributed by atoms with Crippen LogP contribution < -0.4 is 5.32 Å². The molecule has 26 heavy (non-hydrogen) atoms. The van der Waals surface area contributed by atoms with Crippen molar-refractivity contribution in [1.29, 1.82) is 0 Å². The highest BCUT2D eigenvalue weighted by molar-refractivity contribution is 6.21. The maximum absolute atomic E-state index is 14.1. The molecule has 1 saturated carbocycles. The lowest BCUT2D eigenvalue weighted by molar-refractivity contribution is 0.0626. The quantitative estimate of drug-likeness (QED) is 0.652. The third-order valence-electron chi connectivity index (χ3n) is 4.18. The second-order valence-corrected chi connectivity index (χ2v) is 6.50. The summed E-state index contributed by atoms with van der Waals surface area (Å²) < 4.78 is 44.8. The normalized spacial score (nSPS) is 15.7. The Kier molecular flexibility index (Phi) is 3.87. The van der Waals surface area contributed by atoms with Gasteiger partial charge in [0.25, 0.3) is 0 Å². The molecule has 134 valence electrons. The number of nitrogens with zero attached hydrogens (tertiary/aromatic N) is 3. The molecule has 9 heteroatoms. The molecule has 0 saturated heterocycles. The van der Waals surface area contributed by atoms with Gasteiger partial charge >= 0.3 is 11.3 Å². The van der Waals surface area contributed by atoms with E-state index in [1.807, 2.05) is 0 Å². The van der Waals surface area contributed by atoms with Crippen LogP contribution in [0.4, 0.5) is 19.0 Å². The van der Waals surface area contributed by atoms with Crippen molar-refractivity contribution in [1.82, 2.24) is 15.2 Å². The van der Waals surface area contributed by atoms with Gasteiger partial charge in [-0.3, -0.25) is 0 Å². The van der Waals surface area contributed by atoms with Crippen molar-refractivity contribution in [2.45, 2.75) is 23.8 Å². The molecule has 1 N–H and O–H groups in total. The van der Waals surface area contributed by atoms with Crippen molar-refractivity contribution < 1.29 is 17.6 Å². The topological polar surface area (TPSA) is 63.8 Å². The van der Waals surface area contributed by atoms with E-state index >= 15 is 0 Å². The van der Waals surface area contributed by atoms with Crippen LogP contribution in [0.3, 0.4) is 0 Å². The van der Waals surface area contributed by atoms with Crippen LogP contribution in [0.2, 0.25) is 0 Å². The molecule has 1 fully saturated rings. The third-order valence-corrected chi connectivity index (χ3v) is 4.35. The molecule has 0 aliphatic heterocycles. The highest BCUT2D eigenvalue weighted by Crippen LogP contribution is 2.48. The van der Waals surface area contributed by atoms with Crippen LogP contribution >= 0.6 is 11.6 Å². The summed E-state index contributed by atoms with van der Waals surface area (Å²) in [5, 5.41) is 6.27. The first-order valence-corrected chi connectivity index (χ1v) is 8.15. The number of anilines is 1. The van der Waals surface area contributed by atoms with Gasteiger partial charge in [-0.05, 0) is 42.6 Å². The summed E-state index contributed by atoms with van der Waals surface area (Å²) in [5.41, 5.74) is 0.487. The Morgan fingerprint density at radius 3 is 2.46 bits per heavy atom. The molecular formula is C17H12ClF3N4O. The van der Waals surface area contributed by atoms with Crippen molar-refractivity contribution in [3.63, 3.8) is 0 Å². The van der Waals surface area contributed by atoms with Gasteiger partial charge < -0.3 is 9.73 Å². The first-order chi connectivity index (χ1) is 12.4. The maximum Gasteiger partial charge on any atom is 0.399 e. The van der Waals surface area contributed by atoms with Crippen LogP contribution in [0.25, 0.3) is 11.5 Å². The van der Waals surface area contributed by atoms with Crippen LogP contribution in [-0.2, 0) is 10.9 Å². The van der Waals surface area contributed by atoms with Gasteiger partial charge in [0, 0.05) is 11.8 Å². The Balaban J connectivity index is 1.54. The lowest BCUT2D eigenvalue weighted by Crippen LogP contribution is -2.20. The summed E-state index contributed by atoms with van der Waals surface area (Å²) in [7, 11) is 0. The Bertz CT molecular complexity index is 936. The van der Waals surface area contributed by atoms with Crippen LogP contribution in [0.1, 0.15) is 24.3 Å². The molecule has 0 spiro atoms. The maximum atomic E-state index is 14.1. The molecule has 5 nitrogen and oxygen atoms in total. The van der Waals surface area contributed by atoms with Gasteiger partial charge in [-0.15, -0.1) is 10.2 Å². The zero-order chi connectivity index (χ0) is 18.4. The monoisotopic (exact) mass is 380 g/mol. The molecule has 4 rings (SSSR count). The summed E-state index contributed by atoms with van der Waals surface area (Å²) in [4.78, 5) is 4.23. The molecule has 0 bridgehead atoms. The number of pyridine rings is 1. The average molecular weight is 381 g/mol. The van der Waals surface area contributed by atoms with E-state index < -0.39 is 16.8 Å². The molecule has 0 amide bonds. The number of aromatic nitrogens is 3. The summed E-state index contributed by atoms with van der Waals surface area (Å²) >= 11 is 4.85. The molecule has 0 unspecified atom stereocenters. The molecule has 1 aromatic carbocycles. The average Bonchev–Trinajstić information content (AvgIpc) is 3.19. The minimum absolute atomic E-state index is 0.116. The lowest BCUT2D eigenvalue weighted by Gasteiger charge is -2.19. The first-order valence-electron chi connectivity index (χ1n) is 7.78. The SMILES string of the molecule is Fc1ccccc1C1(Nc2ccc(-c3nnc(C(F)(F)Cl)o3)cn2)CC1. The standard InChI is InChI=1S/C17H12ClF3N4O/c18-17(20,21)15-25-24-14(26-15)10-5-6-13(22-9-10)23-16(7-8-16)11-3-1-2-4-12(11)19/h1-6,9H,7-8H2,(H,22,23). The first kappa shape index (κ1) is 16.8. The van der Waals surface area contributed by atoms with E-state index in [0.29, 0.717) is 16.9 Å². The smallest absolute Gasteiger partial charge is 0.399 e. The predicted octanol–water partition coefficient (Wildman–Crippen LogP) is 4.66. The summed E-state index contributed by atoms with van der Waals surface area (Å²) in [5.74, 6) is -0.839. The van der Waals surface area contributed by atoms with Gasteiger partial charge in [0.05, 0.1) is 11.1 Å². The highest BCUT2D eigenvalue weighted by atomic mass is 35.5. The van der Waals surface area contributed by atoms with E-state index in [1.165, 1.54) is 12.3 Å². The van der Waals surface area contributed by atoms with Crippen molar-refractivity contribution in [2.24, 2.45) is 0 Å². The van der Waals surface area contributed by atoms with E-state index in [9.17, 15) is 13.2 Å². The predicted molar refractivity (Wildman–Crippen MR) is 88.2 cm³/mol. The summed E-state index contributed by atoms with van der Waals surface area (Å²) in [6.45, 7) is 0. The Morgan fingerprint density at radius 2 is 1.88 bits per heavy atom. The number of rotatable bonds is 5. The minimum atomic E-state index is -3.72. The second kappa shape index (κ2) is 5.98. The molecule has 0 radical (unpaired) electrons. The third kappa shape index (κ3) is 3.12. The molecule has 1 aliphatic rings. The number of hydrogen-bond donors (Lipinski definition) is 1. The number of benzene rings is 1. The Labute approximate surface area is 151 Å². The molecular weight excluding hydrogens is 369 g/mol. The van der Waals surface area contributed by atoms with E-state index in [4.69, 9.17) is 16.0 Å².